The average molecular weight is 298 g/mol. The lowest BCUT2D eigenvalue weighted by Crippen LogP contribution is -2.36. The predicted octanol–water partition coefficient (Wildman–Crippen LogP) is 1.61. The molecule has 0 saturated heterocycles. The number of carbonyl (C=O) groups is 1. The number of ether oxygens (including phenoxy) is 2. The van der Waals surface area contributed by atoms with Gasteiger partial charge in [0.05, 0.1) is 5.75 Å². The molecule has 110 valence electrons. The minimum absolute atomic E-state index is 0.0411. The van der Waals surface area contributed by atoms with Crippen LogP contribution in [0, 0.1) is 0 Å². The normalized spacial score (nSPS) is 17.8. The van der Waals surface area contributed by atoms with E-state index in [0.29, 0.717) is 17.9 Å². The Bertz CT molecular complexity index is 579. The molecule has 0 fully saturated rings. The minimum Gasteiger partial charge on any atom is -0.485 e. The van der Waals surface area contributed by atoms with Crippen LogP contribution >= 0.6 is 0 Å². The third-order valence-electron chi connectivity index (χ3n) is 3.19. The van der Waals surface area contributed by atoms with E-state index in [1.54, 1.807) is 19.1 Å². The summed E-state index contributed by atoms with van der Waals surface area (Å²) in [6.45, 7) is 1.78. The molecule has 0 spiro atoms. The van der Waals surface area contributed by atoms with Gasteiger partial charge in [-0.2, -0.15) is 0 Å². The second-order valence-electron chi connectivity index (χ2n) is 4.67. The highest BCUT2D eigenvalue weighted by Gasteiger charge is 2.26. The van der Waals surface area contributed by atoms with Gasteiger partial charge < -0.3 is 9.47 Å². The number of hydrogen-bond acceptors (Lipinski definition) is 5. The summed E-state index contributed by atoms with van der Waals surface area (Å²) in [4.78, 5) is 12.0. The molecule has 0 amide bonds. The van der Waals surface area contributed by atoms with Crippen LogP contribution in [0.25, 0.3) is 0 Å². The molecule has 0 bridgehead atoms. The largest absolute Gasteiger partial charge is 0.485 e. The smallest absolute Gasteiger partial charge is 0.190 e. The molecule has 1 aromatic rings. The van der Waals surface area contributed by atoms with Crippen molar-refractivity contribution in [2.75, 3.05) is 18.1 Å². The molecule has 1 aliphatic heterocycles. The summed E-state index contributed by atoms with van der Waals surface area (Å²) in [6.07, 6.45) is -0.124. The highest BCUT2D eigenvalue weighted by atomic mass is 32.2. The van der Waals surface area contributed by atoms with Gasteiger partial charge in [0.25, 0.3) is 0 Å². The van der Waals surface area contributed by atoms with Crippen LogP contribution in [0.3, 0.4) is 0 Å². The summed E-state index contributed by atoms with van der Waals surface area (Å²) in [6, 6.07) is 7.17. The molecule has 1 aliphatic rings. The van der Waals surface area contributed by atoms with Crippen LogP contribution in [0.4, 0.5) is 0 Å². The molecule has 6 heteroatoms. The predicted molar refractivity (Wildman–Crippen MR) is 74.9 cm³/mol. The number of para-hydroxylation sites is 2. The van der Waals surface area contributed by atoms with Crippen molar-refractivity contribution in [3.8, 4) is 11.5 Å². The number of ketones is 1. The van der Waals surface area contributed by atoms with Crippen molar-refractivity contribution in [2.45, 2.75) is 25.9 Å². The van der Waals surface area contributed by atoms with Gasteiger partial charge in [-0.25, -0.2) is 8.42 Å². The second kappa shape index (κ2) is 6.26. The number of benzene rings is 1. The summed E-state index contributed by atoms with van der Waals surface area (Å²) >= 11 is 0. The number of rotatable bonds is 6. The zero-order chi connectivity index (χ0) is 14.6. The van der Waals surface area contributed by atoms with E-state index in [0.717, 1.165) is 0 Å². The fraction of sp³-hybridized carbons (Fsp3) is 0.500. The van der Waals surface area contributed by atoms with Gasteiger partial charge in [-0.05, 0) is 18.6 Å². The lowest BCUT2D eigenvalue weighted by atomic mass is 10.1. The molecule has 1 aromatic carbocycles. The van der Waals surface area contributed by atoms with Crippen LogP contribution in [-0.2, 0) is 14.6 Å². The molecule has 0 saturated carbocycles. The fourth-order valence-electron chi connectivity index (χ4n) is 1.95. The Hall–Kier alpha value is -1.56. The Balaban J connectivity index is 1.86. The molecule has 0 aliphatic carbocycles. The summed E-state index contributed by atoms with van der Waals surface area (Å²) < 4.78 is 33.7. The van der Waals surface area contributed by atoms with Crippen LogP contribution in [0.5, 0.6) is 11.5 Å². The molecule has 1 heterocycles. The summed E-state index contributed by atoms with van der Waals surface area (Å²) in [7, 11) is -3.02. The van der Waals surface area contributed by atoms with Gasteiger partial charge in [0.1, 0.15) is 16.4 Å². The average Bonchev–Trinajstić information content (AvgIpc) is 2.46. The van der Waals surface area contributed by atoms with E-state index in [-0.39, 0.29) is 30.3 Å². The third-order valence-corrected chi connectivity index (χ3v) is 4.98. The van der Waals surface area contributed by atoms with Gasteiger partial charge in [0, 0.05) is 12.2 Å². The Morgan fingerprint density at radius 3 is 2.70 bits per heavy atom. The summed E-state index contributed by atoms with van der Waals surface area (Å²) in [5.41, 5.74) is 0. The maximum Gasteiger partial charge on any atom is 0.190 e. The lowest BCUT2D eigenvalue weighted by molar-refractivity contribution is -0.128. The van der Waals surface area contributed by atoms with Crippen LogP contribution in [0.15, 0.2) is 24.3 Å². The van der Waals surface area contributed by atoms with Crippen LogP contribution in [0.1, 0.15) is 19.8 Å². The first kappa shape index (κ1) is 14.8. The zero-order valence-corrected chi connectivity index (χ0v) is 12.2. The van der Waals surface area contributed by atoms with Crippen LogP contribution in [-0.4, -0.2) is 38.4 Å². The molecule has 5 nitrogen and oxygen atoms in total. The maximum atomic E-state index is 12.0. The van der Waals surface area contributed by atoms with E-state index in [1.807, 2.05) is 12.1 Å². The highest BCUT2D eigenvalue weighted by molar-refractivity contribution is 7.91. The molecule has 0 aromatic heterocycles. The van der Waals surface area contributed by atoms with E-state index < -0.39 is 15.9 Å². The lowest BCUT2D eigenvalue weighted by Gasteiger charge is -2.25. The fourth-order valence-corrected chi connectivity index (χ4v) is 2.82. The molecule has 20 heavy (non-hydrogen) atoms. The molecule has 0 N–H and O–H groups in total. The summed E-state index contributed by atoms with van der Waals surface area (Å²) in [5, 5.41) is 0. The SMILES string of the molecule is CCS(=O)(=O)CCCC(=O)C1COc2ccccc2O1. The molecule has 2 rings (SSSR count). The maximum absolute atomic E-state index is 12.0. The van der Waals surface area contributed by atoms with Gasteiger partial charge in [-0.3, -0.25) is 4.79 Å². The van der Waals surface area contributed by atoms with Crippen LogP contribution < -0.4 is 9.47 Å². The Morgan fingerprint density at radius 2 is 2.00 bits per heavy atom. The van der Waals surface area contributed by atoms with Gasteiger partial charge in [0.2, 0.25) is 0 Å². The van der Waals surface area contributed by atoms with Gasteiger partial charge >= 0.3 is 0 Å². The topological polar surface area (TPSA) is 69.7 Å². The van der Waals surface area contributed by atoms with Crippen LogP contribution in [0.2, 0.25) is 0 Å². The van der Waals surface area contributed by atoms with Crippen molar-refractivity contribution < 1.29 is 22.7 Å². The second-order valence-corrected chi connectivity index (χ2v) is 7.14. The number of fused-ring (bicyclic) bond motifs is 1. The van der Waals surface area contributed by atoms with Crippen molar-refractivity contribution >= 4 is 15.6 Å². The molecular formula is C14H18O5S. The Labute approximate surface area is 118 Å². The van der Waals surface area contributed by atoms with Gasteiger partial charge in [-0.15, -0.1) is 0 Å². The van der Waals surface area contributed by atoms with Gasteiger partial charge in [-0.1, -0.05) is 19.1 Å². The molecule has 1 atom stereocenters. The quantitative estimate of drug-likeness (QED) is 0.798. The number of sulfone groups is 1. The highest BCUT2D eigenvalue weighted by Crippen LogP contribution is 2.31. The van der Waals surface area contributed by atoms with E-state index in [9.17, 15) is 13.2 Å². The van der Waals surface area contributed by atoms with Crippen molar-refractivity contribution in [1.82, 2.24) is 0 Å². The van der Waals surface area contributed by atoms with E-state index >= 15 is 0 Å². The number of Topliss-reactive ketones (excluding diaryl/α,β-unsaturated/α-hetero) is 1. The monoisotopic (exact) mass is 298 g/mol. The molecular weight excluding hydrogens is 280 g/mol. The zero-order valence-electron chi connectivity index (χ0n) is 11.4. The Kier molecular flexibility index (Phi) is 4.65. The van der Waals surface area contributed by atoms with E-state index in [1.165, 1.54) is 0 Å². The molecule has 1 unspecified atom stereocenters. The van der Waals surface area contributed by atoms with Gasteiger partial charge in [0.15, 0.2) is 23.4 Å². The minimum atomic E-state index is -3.02. The standard InChI is InChI=1S/C14H18O5S/c1-2-20(16,17)9-5-6-11(15)14-10-18-12-7-3-4-8-13(12)19-14/h3-4,7-8,14H,2,5-6,9-10H2,1H3. The Morgan fingerprint density at radius 1 is 1.30 bits per heavy atom. The van der Waals surface area contributed by atoms with Crippen molar-refractivity contribution in [3.63, 3.8) is 0 Å². The van der Waals surface area contributed by atoms with Crippen molar-refractivity contribution in [2.24, 2.45) is 0 Å². The number of hydrogen-bond donors (Lipinski definition) is 0. The summed E-state index contributed by atoms with van der Waals surface area (Å²) in [5.74, 6) is 1.21. The first-order valence-corrected chi connectivity index (χ1v) is 8.45. The van der Waals surface area contributed by atoms with Crippen molar-refractivity contribution in [1.29, 1.82) is 0 Å². The number of carbonyl (C=O) groups excluding carboxylic acids is 1. The van der Waals surface area contributed by atoms with E-state index in [4.69, 9.17) is 9.47 Å². The third kappa shape index (κ3) is 3.72. The molecule has 0 radical (unpaired) electrons. The first-order valence-electron chi connectivity index (χ1n) is 6.63. The van der Waals surface area contributed by atoms with E-state index in [2.05, 4.69) is 0 Å². The first-order chi connectivity index (χ1) is 9.52. The van der Waals surface area contributed by atoms with Crippen molar-refractivity contribution in [3.05, 3.63) is 24.3 Å².